The number of hydrogen-bond acceptors (Lipinski definition) is 8. The van der Waals surface area contributed by atoms with Gasteiger partial charge >= 0.3 is 0 Å². The second-order valence-corrected chi connectivity index (χ2v) is 6.14. The van der Waals surface area contributed by atoms with E-state index in [1.807, 2.05) is 6.92 Å². The molecule has 0 fully saturated rings. The Bertz CT molecular complexity index is 1340. The normalized spacial score (nSPS) is 12.1. The zero-order chi connectivity index (χ0) is 19.7. The number of nitrogens with zero attached hydrogens (tertiary/aromatic N) is 9. The van der Waals surface area contributed by atoms with Crippen molar-refractivity contribution in [1.29, 1.82) is 0 Å². The molecule has 0 amide bonds. The van der Waals surface area contributed by atoms with Crippen LogP contribution in [0.3, 0.4) is 0 Å². The number of aromatic nitrogens is 9. The summed E-state index contributed by atoms with van der Waals surface area (Å²) in [5, 5.41) is 24.7. The maximum absolute atomic E-state index is 12.9. The lowest BCUT2D eigenvalue weighted by Gasteiger charge is -2.12. The van der Waals surface area contributed by atoms with Gasteiger partial charge in [-0.05, 0) is 26.0 Å². The Morgan fingerprint density at radius 2 is 1.64 bits per heavy atom. The monoisotopic (exact) mass is 377 g/mol. The molecule has 4 rings (SSSR count). The molecule has 1 atom stereocenters. The Labute approximate surface area is 157 Å². The van der Waals surface area contributed by atoms with E-state index in [2.05, 4.69) is 42.7 Å². The lowest BCUT2D eigenvalue weighted by atomic mass is 10.2. The Kier molecular flexibility index (Phi) is 4.36. The molecule has 0 aliphatic rings. The highest BCUT2D eigenvalue weighted by Crippen LogP contribution is 2.14. The second kappa shape index (κ2) is 6.99. The molecule has 1 aromatic carbocycles. The summed E-state index contributed by atoms with van der Waals surface area (Å²) >= 11 is 0. The average Bonchev–Trinajstić information content (AvgIpc) is 3.20. The second-order valence-electron chi connectivity index (χ2n) is 6.14. The summed E-state index contributed by atoms with van der Waals surface area (Å²) < 4.78 is 2.43. The minimum absolute atomic E-state index is 0.141. The van der Waals surface area contributed by atoms with Crippen LogP contribution >= 0.6 is 0 Å². The highest BCUT2D eigenvalue weighted by molar-refractivity contribution is 5.93. The van der Waals surface area contributed by atoms with Gasteiger partial charge in [-0.3, -0.25) is 9.59 Å². The first-order valence-electron chi connectivity index (χ1n) is 8.49. The first-order valence-corrected chi connectivity index (χ1v) is 8.49. The number of rotatable bonds is 4. The number of hydrogen-bond donors (Lipinski definition) is 0. The van der Waals surface area contributed by atoms with E-state index >= 15 is 0 Å². The quantitative estimate of drug-likeness (QED) is 0.353. The molecule has 0 aliphatic carbocycles. The highest BCUT2D eigenvalue weighted by Gasteiger charge is 2.15. The Morgan fingerprint density at radius 1 is 1.00 bits per heavy atom. The fourth-order valence-electron chi connectivity index (χ4n) is 2.82. The van der Waals surface area contributed by atoms with Gasteiger partial charge < -0.3 is 0 Å². The number of fused-ring (bicyclic) bond motifs is 2. The van der Waals surface area contributed by atoms with Crippen molar-refractivity contribution in [2.45, 2.75) is 33.0 Å². The van der Waals surface area contributed by atoms with Crippen molar-refractivity contribution in [3.05, 3.63) is 45.2 Å². The molecule has 140 valence electrons. The van der Waals surface area contributed by atoms with E-state index in [-0.39, 0.29) is 23.7 Å². The van der Waals surface area contributed by atoms with Crippen LogP contribution in [0.5, 0.6) is 0 Å². The summed E-state index contributed by atoms with van der Waals surface area (Å²) in [5.41, 5.74) is -0.0548. The fourth-order valence-corrected chi connectivity index (χ4v) is 2.82. The van der Waals surface area contributed by atoms with Crippen LogP contribution in [0.2, 0.25) is 0 Å². The summed E-state index contributed by atoms with van der Waals surface area (Å²) in [4.78, 5) is 26.9. The SMILES string of the molecule is CC#CCn1nnc2cc3c(=O)n([C@H](C)Cn4nccn4)nnc3cc2c1=O. The fraction of sp³-hybridized carbons (Fsp3) is 0.294. The molecular weight excluding hydrogens is 362 g/mol. The largest absolute Gasteiger partial charge is 0.278 e. The minimum Gasteiger partial charge on any atom is -0.267 e. The van der Waals surface area contributed by atoms with Crippen LogP contribution in [-0.4, -0.2) is 45.0 Å². The predicted octanol–water partition coefficient (Wildman–Crippen LogP) is -0.228. The third-order valence-electron chi connectivity index (χ3n) is 4.24. The molecule has 3 aromatic heterocycles. The summed E-state index contributed by atoms with van der Waals surface area (Å²) in [6.45, 7) is 4.00. The average molecular weight is 377 g/mol. The molecule has 0 spiro atoms. The van der Waals surface area contributed by atoms with Crippen LogP contribution in [0.25, 0.3) is 21.8 Å². The molecule has 0 saturated carbocycles. The van der Waals surface area contributed by atoms with Crippen molar-refractivity contribution < 1.29 is 0 Å². The summed E-state index contributed by atoms with van der Waals surface area (Å²) in [7, 11) is 0. The van der Waals surface area contributed by atoms with E-state index in [0.29, 0.717) is 28.4 Å². The van der Waals surface area contributed by atoms with Crippen LogP contribution in [0, 0.1) is 11.8 Å². The van der Waals surface area contributed by atoms with Crippen LogP contribution in [0.1, 0.15) is 19.9 Å². The Morgan fingerprint density at radius 3 is 2.32 bits per heavy atom. The standard InChI is InChI=1S/C17H15N9O2/c1-3-4-7-24-16(27)12-8-15-13(9-14(12)20-22-24)17(28)26(23-21-15)11(2)10-25-18-5-6-19-25/h5-6,8-9,11H,7,10H2,1-2H3/t11-/m1/s1. The zero-order valence-corrected chi connectivity index (χ0v) is 15.1. The molecule has 3 heterocycles. The van der Waals surface area contributed by atoms with Gasteiger partial charge in [-0.15, -0.1) is 16.1 Å². The van der Waals surface area contributed by atoms with Crippen molar-refractivity contribution in [3.8, 4) is 11.8 Å². The van der Waals surface area contributed by atoms with Gasteiger partial charge in [0.1, 0.15) is 17.6 Å². The molecule has 0 saturated heterocycles. The Hall–Kier alpha value is -3.94. The predicted molar refractivity (Wildman–Crippen MR) is 99.3 cm³/mol. The smallest absolute Gasteiger partial charge is 0.267 e. The Balaban J connectivity index is 1.82. The molecule has 0 unspecified atom stereocenters. The summed E-state index contributed by atoms with van der Waals surface area (Å²) in [6.07, 6.45) is 3.12. The lowest BCUT2D eigenvalue weighted by molar-refractivity contribution is 0.358. The van der Waals surface area contributed by atoms with Gasteiger partial charge in [-0.2, -0.15) is 19.7 Å². The van der Waals surface area contributed by atoms with Gasteiger partial charge in [-0.1, -0.05) is 16.3 Å². The first-order chi connectivity index (χ1) is 13.6. The van der Waals surface area contributed by atoms with E-state index in [0.717, 1.165) is 0 Å². The van der Waals surface area contributed by atoms with Gasteiger partial charge in [0.25, 0.3) is 11.1 Å². The van der Waals surface area contributed by atoms with Gasteiger partial charge in [0.15, 0.2) is 0 Å². The van der Waals surface area contributed by atoms with E-state index in [1.54, 1.807) is 19.3 Å². The molecule has 11 nitrogen and oxygen atoms in total. The van der Waals surface area contributed by atoms with Gasteiger partial charge in [0.05, 0.1) is 35.8 Å². The van der Waals surface area contributed by atoms with Crippen LogP contribution in [0.4, 0.5) is 0 Å². The van der Waals surface area contributed by atoms with Crippen molar-refractivity contribution in [2.24, 2.45) is 0 Å². The molecule has 0 bridgehead atoms. The van der Waals surface area contributed by atoms with Gasteiger partial charge in [-0.25, -0.2) is 4.68 Å². The molecule has 0 aliphatic heterocycles. The first kappa shape index (κ1) is 17.5. The lowest BCUT2D eigenvalue weighted by Crippen LogP contribution is -2.30. The molecule has 28 heavy (non-hydrogen) atoms. The van der Waals surface area contributed by atoms with Crippen molar-refractivity contribution in [1.82, 2.24) is 45.0 Å². The van der Waals surface area contributed by atoms with E-state index in [4.69, 9.17) is 0 Å². The zero-order valence-electron chi connectivity index (χ0n) is 15.1. The summed E-state index contributed by atoms with van der Waals surface area (Å²) in [6, 6.07) is 2.70. The van der Waals surface area contributed by atoms with Crippen molar-refractivity contribution >= 4 is 21.8 Å². The number of benzene rings is 1. The van der Waals surface area contributed by atoms with Crippen molar-refractivity contribution in [3.63, 3.8) is 0 Å². The van der Waals surface area contributed by atoms with Gasteiger partial charge in [0.2, 0.25) is 0 Å². The van der Waals surface area contributed by atoms with Crippen LogP contribution in [-0.2, 0) is 13.1 Å². The summed E-state index contributed by atoms with van der Waals surface area (Å²) in [5.74, 6) is 5.48. The third-order valence-corrected chi connectivity index (χ3v) is 4.24. The minimum atomic E-state index is -0.348. The van der Waals surface area contributed by atoms with E-state index < -0.39 is 0 Å². The molecule has 0 radical (unpaired) electrons. The molecular formula is C17H15N9O2. The molecule has 0 N–H and O–H groups in total. The third kappa shape index (κ3) is 3.01. The van der Waals surface area contributed by atoms with E-state index in [9.17, 15) is 9.59 Å². The topological polar surface area (TPSA) is 126 Å². The van der Waals surface area contributed by atoms with E-state index in [1.165, 1.54) is 26.3 Å². The molecule has 4 aromatic rings. The van der Waals surface area contributed by atoms with Crippen LogP contribution in [0.15, 0.2) is 34.1 Å². The van der Waals surface area contributed by atoms with Gasteiger partial charge in [0, 0.05) is 0 Å². The maximum Gasteiger partial charge on any atom is 0.278 e. The van der Waals surface area contributed by atoms with Crippen molar-refractivity contribution in [2.75, 3.05) is 0 Å². The highest BCUT2D eigenvalue weighted by atomic mass is 16.1. The maximum atomic E-state index is 12.9. The molecule has 11 heteroatoms. The van der Waals surface area contributed by atoms with Crippen LogP contribution < -0.4 is 11.1 Å².